The molecule has 0 amide bonds. The van der Waals surface area contributed by atoms with Crippen LogP contribution in [0.25, 0.3) is 0 Å². The molecular weight excluding hydrogens is 390 g/mol. The molecule has 1 aromatic heterocycles. The van der Waals surface area contributed by atoms with E-state index in [0.717, 1.165) is 61.4 Å². The first kappa shape index (κ1) is 22.7. The van der Waals surface area contributed by atoms with Crippen molar-refractivity contribution in [2.45, 2.75) is 45.8 Å². The molecule has 7 heteroatoms. The van der Waals surface area contributed by atoms with Gasteiger partial charge in [-0.1, -0.05) is 18.2 Å². The zero-order chi connectivity index (χ0) is 22.1. The molecule has 7 nitrogen and oxygen atoms in total. The third kappa shape index (κ3) is 6.77. The van der Waals surface area contributed by atoms with Crippen molar-refractivity contribution >= 4 is 11.8 Å². The lowest BCUT2D eigenvalue weighted by Gasteiger charge is -2.34. The van der Waals surface area contributed by atoms with Gasteiger partial charge in [-0.3, -0.25) is 0 Å². The molecule has 1 atom stereocenters. The fourth-order valence-electron chi connectivity index (χ4n) is 3.66. The van der Waals surface area contributed by atoms with Gasteiger partial charge in [0.05, 0.1) is 13.7 Å². The molecule has 1 aromatic carbocycles. The molecule has 0 spiro atoms. The molecule has 0 saturated carbocycles. The van der Waals surface area contributed by atoms with Crippen molar-refractivity contribution < 1.29 is 9.47 Å². The number of hydrogen-bond donors (Lipinski definition) is 2. The fourth-order valence-corrected chi connectivity index (χ4v) is 3.66. The van der Waals surface area contributed by atoms with E-state index in [0.29, 0.717) is 12.6 Å². The summed E-state index contributed by atoms with van der Waals surface area (Å²) in [6.07, 6.45) is 2.03. The highest BCUT2D eigenvalue weighted by Crippen LogP contribution is 2.26. The van der Waals surface area contributed by atoms with Crippen molar-refractivity contribution in [2.75, 3.05) is 38.2 Å². The van der Waals surface area contributed by atoms with Crippen molar-refractivity contribution in [1.82, 2.24) is 15.6 Å². The van der Waals surface area contributed by atoms with Crippen LogP contribution in [0, 0.1) is 6.92 Å². The largest absolute Gasteiger partial charge is 0.493 e. The molecule has 0 radical (unpaired) electrons. The molecule has 1 aliphatic rings. The van der Waals surface area contributed by atoms with Crippen LogP contribution in [0.1, 0.15) is 32.4 Å². The summed E-state index contributed by atoms with van der Waals surface area (Å²) < 4.78 is 11.4. The van der Waals surface area contributed by atoms with E-state index in [1.54, 1.807) is 7.11 Å². The van der Waals surface area contributed by atoms with Crippen LogP contribution < -0.4 is 25.0 Å². The van der Waals surface area contributed by atoms with E-state index in [2.05, 4.69) is 39.6 Å². The molecule has 2 N–H and O–H groups in total. The van der Waals surface area contributed by atoms with Crippen LogP contribution in [0.3, 0.4) is 0 Å². The summed E-state index contributed by atoms with van der Waals surface area (Å²) in [6.45, 7) is 9.49. The maximum Gasteiger partial charge on any atom is 0.191 e. The second-order valence-corrected chi connectivity index (χ2v) is 7.84. The minimum atomic E-state index is -0.0685. The Hall–Kier alpha value is -2.96. The third-order valence-electron chi connectivity index (χ3n) is 5.28. The summed E-state index contributed by atoms with van der Waals surface area (Å²) in [6, 6.07) is 14.3. The fraction of sp³-hybridized carbons (Fsp3) is 0.500. The molecule has 2 heterocycles. The summed E-state index contributed by atoms with van der Waals surface area (Å²) in [5.41, 5.74) is 1.06. The number of hydrogen-bond acceptors (Lipinski definition) is 5. The normalized spacial score (nSPS) is 16.0. The molecule has 1 saturated heterocycles. The van der Waals surface area contributed by atoms with Crippen LogP contribution in [-0.2, 0) is 0 Å². The molecule has 1 fully saturated rings. The van der Waals surface area contributed by atoms with Crippen LogP contribution in [0.15, 0.2) is 47.5 Å². The van der Waals surface area contributed by atoms with E-state index in [1.807, 2.05) is 44.2 Å². The minimum absolute atomic E-state index is 0.0685. The quantitative estimate of drug-likeness (QED) is 0.499. The van der Waals surface area contributed by atoms with Gasteiger partial charge in [-0.25, -0.2) is 9.98 Å². The van der Waals surface area contributed by atoms with Crippen LogP contribution in [0.4, 0.5) is 5.82 Å². The lowest BCUT2D eigenvalue weighted by molar-refractivity contribution is 0.219. The lowest BCUT2D eigenvalue weighted by atomic mass is 10.1. The van der Waals surface area contributed by atoms with Crippen LogP contribution in [-0.4, -0.2) is 56.4 Å². The van der Waals surface area contributed by atoms with E-state index < -0.39 is 0 Å². The summed E-state index contributed by atoms with van der Waals surface area (Å²) in [7, 11) is 1.65. The number of nitrogens with zero attached hydrogens (tertiary/aromatic N) is 3. The average molecular weight is 426 g/mol. The minimum Gasteiger partial charge on any atom is -0.493 e. The van der Waals surface area contributed by atoms with E-state index in [9.17, 15) is 0 Å². The summed E-state index contributed by atoms with van der Waals surface area (Å²) in [5.74, 6) is 3.38. The highest BCUT2D eigenvalue weighted by atomic mass is 16.5. The van der Waals surface area contributed by atoms with E-state index in [-0.39, 0.29) is 6.10 Å². The molecule has 168 valence electrons. The van der Waals surface area contributed by atoms with Gasteiger partial charge in [0.2, 0.25) is 0 Å². The van der Waals surface area contributed by atoms with Crippen molar-refractivity contribution in [3.05, 3.63) is 48.2 Å². The molecule has 2 aromatic rings. The maximum atomic E-state index is 6.03. The number of aliphatic imine (C=N–C) groups is 1. The van der Waals surface area contributed by atoms with Gasteiger partial charge >= 0.3 is 0 Å². The number of piperidine rings is 1. The number of aryl methyl sites for hydroxylation is 1. The number of nitrogens with one attached hydrogen (secondary N) is 2. The van der Waals surface area contributed by atoms with Gasteiger partial charge in [0.1, 0.15) is 11.9 Å². The highest BCUT2D eigenvalue weighted by molar-refractivity contribution is 5.80. The van der Waals surface area contributed by atoms with Gasteiger partial charge in [-0.15, -0.1) is 0 Å². The Labute approximate surface area is 185 Å². The van der Waals surface area contributed by atoms with E-state index >= 15 is 0 Å². The van der Waals surface area contributed by atoms with Gasteiger partial charge in [0, 0.05) is 31.4 Å². The number of methoxy groups -OCH3 is 1. The monoisotopic (exact) mass is 425 g/mol. The van der Waals surface area contributed by atoms with Crippen molar-refractivity contribution in [1.29, 1.82) is 0 Å². The number of guanidine groups is 1. The smallest absolute Gasteiger partial charge is 0.191 e. The summed E-state index contributed by atoms with van der Waals surface area (Å²) in [5, 5.41) is 6.95. The summed E-state index contributed by atoms with van der Waals surface area (Å²) in [4.78, 5) is 11.8. The van der Waals surface area contributed by atoms with Gasteiger partial charge < -0.3 is 25.0 Å². The van der Waals surface area contributed by atoms with Crippen molar-refractivity contribution in [2.24, 2.45) is 4.99 Å². The van der Waals surface area contributed by atoms with Gasteiger partial charge in [-0.2, -0.15) is 0 Å². The SMILES string of the molecule is CCNC(=NCC(C)Oc1ccccc1OC)NC1CCN(c2cccc(C)n2)CC1. The Morgan fingerprint density at radius 2 is 1.90 bits per heavy atom. The lowest BCUT2D eigenvalue weighted by Crippen LogP contribution is -2.49. The number of rotatable bonds is 8. The van der Waals surface area contributed by atoms with Crippen LogP contribution >= 0.6 is 0 Å². The van der Waals surface area contributed by atoms with Crippen molar-refractivity contribution in [3.8, 4) is 11.5 Å². The van der Waals surface area contributed by atoms with Gasteiger partial charge in [0.25, 0.3) is 0 Å². The van der Waals surface area contributed by atoms with Crippen LogP contribution in [0.2, 0.25) is 0 Å². The highest BCUT2D eigenvalue weighted by Gasteiger charge is 2.21. The second-order valence-electron chi connectivity index (χ2n) is 7.84. The Bertz CT molecular complexity index is 849. The van der Waals surface area contributed by atoms with Crippen molar-refractivity contribution in [3.63, 3.8) is 0 Å². The molecule has 1 unspecified atom stereocenters. The molecule has 0 bridgehead atoms. The Kier molecular flexibility index (Phi) is 8.38. The predicted molar refractivity (Wildman–Crippen MR) is 126 cm³/mol. The molecule has 3 rings (SSSR count). The van der Waals surface area contributed by atoms with E-state index in [4.69, 9.17) is 14.5 Å². The topological polar surface area (TPSA) is 71.0 Å². The Morgan fingerprint density at radius 1 is 1.16 bits per heavy atom. The number of aromatic nitrogens is 1. The number of benzene rings is 1. The average Bonchev–Trinajstić information content (AvgIpc) is 2.78. The van der Waals surface area contributed by atoms with Crippen LogP contribution in [0.5, 0.6) is 11.5 Å². The number of pyridine rings is 1. The predicted octanol–water partition coefficient (Wildman–Crippen LogP) is 3.39. The van der Waals surface area contributed by atoms with E-state index in [1.165, 1.54) is 0 Å². The second kappa shape index (κ2) is 11.4. The Morgan fingerprint density at radius 3 is 2.58 bits per heavy atom. The van der Waals surface area contributed by atoms with Gasteiger partial charge in [-0.05, 0) is 57.9 Å². The van der Waals surface area contributed by atoms with Gasteiger partial charge in [0.15, 0.2) is 17.5 Å². The number of para-hydroxylation sites is 2. The molecule has 1 aliphatic heterocycles. The first-order valence-corrected chi connectivity index (χ1v) is 11.1. The molecular formula is C24H35N5O2. The Balaban J connectivity index is 1.51. The number of anilines is 1. The standard InChI is InChI=1S/C24H35N5O2/c1-5-25-24(26-17-19(3)31-22-11-7-6-10-21(22)30-4)28-20-13-15-29(16-14-20)23-12-8-9-18(2)27-23/h6-12,19-20H,5,13-17H2,1-4H3,(H2,25,26,28). The molecule has 31 heavy (non-hydrogen) atoms. The summed E-state index contributed by atoms with van der Waals surface area (Å²) >= 11 is 0. The first-order chi connectivity index (χ1) is 15.1. The maximum absolute atomic E-state index is 6.03. The third-order valence-corrected chi connectivity index (χ3v) is 5.28. The molecule has 0 aliphatic carbocycles. The number of ether oxygens (including phenoxy) is 2. The first-order valence-electron chi connectivity index (χ1n) is 11.1. The zero-order valence-corrected chi connectivity index (χ0v) is 19.1. The zero-order valence-electron chi connectivity index (χ0n) is 19.1.